The molecule has 0 bridgehead atoms. The van der Waals surface area contributed by atoms with Crippen molar-refractivity contribution in [1.29, 1.82) is 0 Å². The van der Waals surface area contributed by atoms with E-state index in [4.69, 9.17) is 0 Å². The third kappa shape index (κ3) is 4.55. The molecule has 1 unspecified atom stereocenters. The van der Waals surface area contributed by atoms with E-state index in [1.54, 1.807) is 0 Å². The third-order valence-corrected chi connectivity index (χ3v) is 4.26. The van der Waals surface area contributed by atoms with Gasteiger partial charge in [-0.25, -0.2) is 0 Å². The van der Waals surface area contributed by atoms with Gasteiger partial charge in [0.05, 0.1) is 0 Å². The van der Waals surface area contributed by atoms with E-state index in [-0.39, 0.29) is 0 Å². The van der Waals surface area contributed by atoms with E-state index in [1.165, 1.54) is 38.6 Å². The molecule has 90 valence electrons. The SMILES string of the molecule is CC(NC[C@@H](C)C(C)C)C1CCCCC1. The molecule has 0 aromatic heterocycles. The molecule has 1 heteroatoms. The summed E-state index contributed by atoms with van der Waals surface area (Å²) in [5, 5.41) is 3.73. The van der Waals surface area contributed by atoms with Gasteiger partial charge in [-0.15, -0.1) is 0 Å². The van der Waals surface area contributed by atoms with Crippen LogP contribution in [0.5, 0.6) is 0 Å². The molecule has 0 amide bonds. The smallest absolute Gasteiger partial charge is 0.00671 e. The van der Waals surface area contributed by atoms with Gasteiger partial charge in [0.25, 0.3) is 0 Å². The summed E-state index contributed by atoms with van der Waals surface area (Å²) >= 11 is 0. The first kappa shape index (κ1) is 13.0. The number of nitrogens with one attached hydrogen (secondary N) is 1. The Labute approximate surface area is 96.0 Å². The molecule has 0 radical (unpaired) electrons. The molecular formula is C14H29N. The fourth-order valence-corrected chi connectivity index (χ4v) is 2.41. The average molecular weight is 211 g/mol. The Morgan fingerprint density at radius 3 is 2.13 bits per heavy atom. The van der Waals surface area contributed by atoms with Gasteiger partial charge in [0.2, 0.25) is 0 Å². The molecule has 1 N–H and O–H groups in total. The van der Waals surface area contributed by atoms with Crippen molar-refractivity contribution in [2.75, 3.05) is 6.54 Å². The molecule has 0 saturated heterocycles. The van der Waals surface area contributed by atoms with Gasteiger partial charge in [0.15, 0.2) is 0 Å². The average Bonchev–Trinajstić information content (AvgIpc) is 2.26. The molecule has 0 aliphatic heterocycles. The lowest BCUT2D eigenvalue weighted by atomic mass is 9.84. The van der Waals surface area contributed by atoms with Crippen molar-refractivity contribution >= 4 is 0 Å². The molecule has 1 aliphatic carbocycles. The molecule has 0 aromatic carbocycles. The summed E-state index contributed by atoms with van der Waals surface area (Å²) in [6.45, 7) is 10.6. The van der Waals surface area contributed by atoms with Crippen LogP contribution >= 0.6 is 0 Å². The molecular weight excluding hydrogens is 182 g/mol. The first-order valence-electron chi connectivity index (χ1n) is 6.84. The van der Waals surface area contributed by atoms with Gasteiger partial charge in [-0.1, -0.05) is 40.0 Å². The van der Waals surface area contributed by atoms with Gasteiger partial charge in [0.1, 0.15) is 0 Å². The number of hydrogen-bond donors (Lipinski definition) is 1. The molecule has 0 heterocycles. The van der Waals surface area contributed by atoms with Crippen molar-refractivity contribution in [1.82, 2.24) is 5.32 Å². The lowest BCUT2D eigenvalue weighted by molar-refractivity contribution is 0.264. The maximum absolute atomic E-state index is 3.73. The monoisotopic (exact) mass is 211 g/mol. The maximum Gasteiger partial charge on any atom is 0.00671 e. The van der Waals surface area contributed by atoms with Crippen molar-refractivity contribution < 1.29 is 0 Å². The Bertz CT molecular complexity index is 159. The molecule has 0 spiro atoms. The van der Waals surface area contributed by atoms with Crippen molar-refractivity contribution in [2.45, 2.75) is 65.8 Å². The lowest BCUT2D eigenvalue weighted by Gasteiger charge is -2.30. The van der Waals surface area contributed by atoms with E-state index in [9.17, 15) is 0 Å². The highest BCUT2D eigenvalue weighted by molar-refractivity contribution is 4.76. The van der Waals surface area contributed by atoms with Crippen LogP contribution in [0, 0.1) is 17.8 Å². The minimum absolute atomic E-state index is 0.728. The summed E-state index contributed by atoms with van der Waals surface area (Å²) in [7, 11) is 0. The molecule has 1 rings (SSSR count). The minimum Gasteiger partial charge on any atom is -0.314 e. The van der Waals surface area contributed by atoms with Gasteiger partial charge in [0, 0.05) is 6.04 Å². The summed E-state index contributed by atoms with van der Waals surface area (Å²) < 4.78 is 0. The van der Waals surface area contributed by atoms with Gasteiger partial charge in [-0.05, 0) is 44.1 Å². The van der Waals surface area contributed by atoms with Crippen molar-refractivity contribution in [3.63, 3.8) is 0 Å². The first-order chi connectivity index (χ1) is 7.11. The Balaban J connectivity index is 2.19. The van der Waals surface area contributed by atoms with Crippen LogP contribution < -0.4 is 5.32 Å². The van der Waals surface area contributed by atoms with Crippen LogP contribution in [0.15, 0.2) is 0 Å². The summed E-state index contributed by atoms with van der Waals surface area (Å²) in [4.78, 5) is 0. The minimum atomic E-state index is 0.728. The van der Waals surface area contributed by atoms with Crippen LogP contribution in [-0.2, 0) is 0 Å². The normalized spacial score (nSPS) is 23.0. The van der Waals surface area contributed by atoms with Crippen LogP contribution in [0.4, 0.5) is 0 Å². The second-order valence-corrected chi connectivity index (χ2v) is 5.82. The van der Waals surface area contributed by atoms with Gasteiger partial charge >= 0.3 is 0 Å². The fraction of sp³-hybridized carbons (Fsp3) is 1.00. The maximum atomic E-state index is 3.73. The third-order valence-electron chi connectivity index (χ3n) is 4.26. The van der Waals surface area contributed by atoms with Gasteiger partial charge in [-0.3, -0.25) is 0 Å². The van der Waals surface area contributed by atoms with Crippen molar-refractivity contribution in [3.8, 4) is 0 Å². The zero-order valence-electron chi connectivity index (χ0n) is 11.1. The predicted octanol–water partition coefficient (Wildman–Crippen LogP) is 3.84. The van der Waals surface area contributed by atoms with E-state index in [0.717, 1.165) is 23.8 Å². The van der Waals surface area contributed by atoms with E-state index < -0.39 is 0 Å². The Morgan fingerprint density at radius 1 is 1.00 bits per heavy atom. The summed E-state index contributed by atoms with van der Waals surface area (Å²) in [5.74, 6) is 2.55. The van der Waals surface area contributed by atoms with E-state index >= 15 is 0 Å². The fourth-order valence-electron chi connectivity index (χ4n) is 2.41. The highest BCUT2D eigenvalue weighted by atomic mass is 14.9. The van der Waals surface area contributed by atoms with Crippen LogP contribution in [-0.4, -0.2) is 12.6 Å². The highest BCUT2D eigenvalue weighted by Crippen LogP contribution is 2.26. The molecule has 1 aliphatic rings. The second-order valence-electron chi connectivity index (χ2n) is 5.82. The van der Waals surface area contributed by atoms with Crippen molar-refractivity contribution in [2.24, 2.45) is 17.8 Å². The van der Waals surface area contributed by atoms with Gasteiger partial charge in [-0.2, -0.15) is 0 Å². The van der Waals surface area contributed by atoms with Crippen LogP contribution in [0.1, 0.15) is 59.8 Å². The molecule has 1 saturated carbocycles. The zero-order chi connectivity index (χ0) is 11.3. The largest absolute Gasteiger partial charge is 0.314 e. The van der Waals surface area contributed by atoms with E-state index in [0.29, 0.717) is 0 Å². The first-order valence-corrected chi connectivity index (χ1v) is 6.84. The van der Waals surface area contributed by atoms with Crippen LogP contribution in [0.2, 0.25) is 0 Å². The van der Waals surface area contributed by atoms with Crippen LogP contribution in [0.25, 0.3) is 0 Å². The van der Waals surface area contributed by atoms with Crippen LogP contribution in [0.3, 0.4) is 0 Å². The Kier molecular flexibility index (Phi) is 5.66. The number of rotatable bonds is 5. The predicted molar refractivity (Wildman–Crippen MR) is 68.0 cm³/mol. The number of hydrogen-bond acceptors (Lipinski definition) is 1. The van der Waals surface area contributed by atoms with Gasteiger partial charge < -0.3 is 5.32 Å². The molecule has 0 aromatic rings. The van der Waals surface area contributed by atoms with Crippen molar-refractivity contribution in [3.05, 3.63) is 0 Å². The highest BCUT2D eigenvalue weighted by Gasteiger charge is 2.20. The topological polar surface area (TPSA) is 12.0 Å². The summed E-state index contributed by atoms with van der Waals surface area (Å²) in [6, 6.07) is 0.728. The Morgan fingerprint density at radius 2 is 1.60 bits per heavy atom. The summed E-state index contributed by atoms with van der Waals surface area (Å²) in [5.41, 5.74) is 0. The molecule has 1 fully saturated rings. The van der Waals surface area contributed by atoms with E-state index in [1.807, 2.05) is 0 Å². The lowest BCUT2D eigenvalue weighted by Crippen LogP contribution is -2.38. The molecule has 1 nitrogen and oxygen atoms in total. The molecule has 15 heavy (non-hydrogen) atoms. The second kappa shape index (κ2) is 6.52. The molecule has 2 atom stereocenters. The van der Waals surface area contributed by atoms with E-state index in [2.05, 4.69) is 33.0 Å². The Hall–Kier alpha value is -0.0400. The standard InChI is InChI=1S/C14H29N/c1-11(2)12(3)10-15-13(4)14-8-6-5-7-9-14/h11-15H,5-10H2,1-4H3/t12-,13?/m1/s1. The summed E-state index contributed by atoms with van der Waals surface area (Å²) in [6.07, 6.45) is 7.27. The zero-order valence-corrected chi connectivity index (χ0v) is 11.1. The quantitative estimate of drug-likeness (QED) is 0.728.